The lowest BCUT2D eigenvalue weighted by atomic mass is 10.0. The zero-order chi connectivity index (χ0) is 20.9. The molecule has 0 spiro atoms. The molecule has 2 rings (SSSR count). The van der Waals surface area contributed by atoms with Gasteiger partial charge in [-0.05, 0) is 43.0 Å². The molecule has 0 radical (unpaired) electrons. The summed E-state index contributed by atoms with van der Waals surface area (Å²) >= 11 is 6.04. The van der Waals surface area contributed by atoms with Crippen LogP contribution in [0.1, 0.15) is 77.2 Å². The Morgan fingerprint density at radius 3 is 2.28 bits per heavy atom. The second-order valence-electron chi connectivity index (χ2n) is 7.88. The molecule has 29 heavy (non-hydrogen) atoms. The molecular formula is C23H35ClN4O. The monoisotopic (exact) mass is 418 g/mol. The summed E-state index contributed by atoms with van der Waals surface area (Å²) in [6, 6.07) is 8.26. The van der Waals surface area contributed by atoms with Crippen LogP contribution in [0.3, 0.4) is 0 Å². The van der Waals surface area contributed by atoms with Gasteiger partial charge in [-0.1, -0.05) is 82.9 Å². The van der Waals surface area contributed by atoms with E-state index in [1.54, 1.807) is 0 Å². The molecule has 0 bridgehead atoms. The van der Waals surface area contributed by atoms with E-state index in [0.29, 0.717) is 18.5 Å². The Morgan fingerprint density at radius 2 is 1.59 bits per heavy atom. The summed E-state index contributed by atoms with van der Waals surface area (Å²) in [7, 11) is 0. The molecule has 1 heterocycles. The molecule has 5 nitrogen and oxygen atoms in total. The normalized spacial score (nSPS) is 12.0. The number of nitrogens with one attached hydrogen (secondary N) is 1. The third-order valence-corrected chi connectivity index (χ3v) is 5.11. The summed E-state index contributed by atoms with van der Waals surface area (Å²) in [5.41, 5.74) is 2.09. The van der Waals surface area contributed by atoms with Crippen LogP contribution < -0.4 is 10.1 Å². The van der Waals surface area contributed by atoms with Crippen LogP contribution in [0, 0.1) is 12.8 Å². The van der Waals surface area contributed by atoms with Crippen molar-refractivity contribution in [2.45, 2.75) is 78.6 Å². The maximum absolute atomic E-state index is 6.04. The van der Waals surface area contributed by atoms with Crippen molar-refractivity contribution in [3.63, 3.8) is 0 Å². The first-order valence-corrected chi connectivity index (χ1v) is 11.3. The predicted octanol–water partition coefficient (Wildman–Crippen LogP) is 7.12. The third kappa shape index (κ3) is 9.93. The molecule has 0 amide bonds. The molecule has 2 aromatic rings. The van der Waals surface area contributed by atoms with Gasteiger partial charge in [0.25, 0.3) is 0 Å². The Balaban J connectivity index is 1.70. The minimum atomic E-state index is 0.125. The van der Waals surface area contributed by atoms with Crippen LogP contribution in [0.2, 0.25) is 5.28 Å². The van der Waals surface area contributed by atoms with E-state index in [9.17, 15) is 0 Å². The van der Waals surface area contributed by atoms with Gasteiger partial charge in [-0.25, -0.2) is 0 Å². The van der Waals surface area contributed by atoms with E-state index in [2.05, 4.69) is 34.1 Å². The van der Waals surface area contributed by atoms with Crippen molar-refractivity contribution in [1.82, 2.24) is 15.0 Å². The predicted molar refractivity (Wildman–Crippen MR) is 121 cm³/mol. The van der Waals surface area contributed by atoms with Crippen molar-refractivity contribution in [2.24, 2.45) is 5.92 Å². The first kappa shape index (κ1) is 23.4. The van der Waals surface area contributed by atoms with E-state index < -0.39 is 0 Å². The molecule has 0 saturated carbocycles. The van der Waals surface area contributed by atoms with Gasteiger partial charge in [-0.15, -0.1) is 0 Å². The number of rotatable bonds is 14. The molecule has 1 aromatic heterocycles. The van der Waals surface area contributed by atoms with Crippen LogP contribution in [0.25, 0.3) is 0 Å². The van der Waals surface area contributed by atoms with E-state index in [-0.39, 0.29) is 11.3 Å². The zero-order valence-corrected chi connectivity index (χ0v) is 18.8. The Hall–Kier alpha value is -1.88. The SMILES string of the molecule is CCCCCCCCCCC(C)COc1nc(Cl)nc(Nc2ccc(C)cc2)n1. The van der Waals surface area contributed by atoms with Crippen molar-refractivity contribution in [3.8, 4) is 6.01 Å². The van der Waals surface area contributed by atoms with Gasteiger partial charge in [0.15, 0.2) is 0 Å². The van der Waals surface area contributed by atoms with Crippen LogP contribution in [0.4, 0.5) is 11.6 Å². The van der Waals surface area contributed by atoms with Gasteiger partial charge in [0, 0.05) is 5.69 Å². The first-order valence-electron chi connectivity index (χ1n) is 10.9. The van der Waals surface area contributed by atoms with Gasteiger partial charge >= 0.3 is 6.01 Å². The molecule has 0 aliphatic carbocycles. The molecule has 1 N–H and O–H groups in total. The molecule has 0 saturated heterocycles. The van der Waals surface area contributed by atoms with Crippen LogP contribution in [-0.4, -0.2) is 21.6 Å². The van der Waals surface area contributed by atoms with Gasteiger partial charge in [-0.2, -0.15) is 15.0 Å². The Labute approximate surface area is 180 Å². The van der Waals surface area contributed by atoms with Crippen molar-refractivity contribution in [1.29, 1.82) is 0 Å². The zero-order valence-electron chi connectivity index (χ0n) is 18.1. The fraction of sp³-hybridized carbons (Fsp3) is 0.609. The Kier molecular flexibility index (Phi) is 10.8. The summed E-state index contributed by atoms with van der Waals surface area (Å²) in [6.07, 6.45) is 11.9. The molecular weight excluding hydrogens is 384 g/mol. The fourth-order valence-corrected chi connectivity index (χ4v) is 3.30. The first-order chi connectivity index (χ1) is 14.1. The van der Waals surface area contributed by atoms with Gasteiger partial charge in [0.05, 0.1) is 6.61 Å². The number of nitrogens with zero attached hydrogens (tertiary/aromatic N) is 3. The average molecular weight is 419 g/mol. The standard InChI is InChI=1S/C23H35ClN4O/c1-4-5-6-7-8-9-10-11-12-19(3)17-29-23-27-21(24)26-22(28-23)25-20-15-13-18(2)14-16-20/h13-16,19H,4-12,17H2,1-3H3,(H,25,26,27,28). The van der Waals surface area contributed by atoms with Crippen LogP contribution in [0.5, 0.6) is 6.01 Å². The molecule has 0 aliphatic rings. The lowest BCUT2D eigenvalue weighted by Gasteiger charge is -2.12. The molecule has 1 aromatic carbocycles. The number of ether oxygens (including phenoxy) is 1. The van der Waals surface area contributed by atoms with Gasteiger partial charge in [0.1, 0.15) is 0 Å². The Morgan fingerprint density at radius 1 is 0.931 bits per heavy atom. The number of aryl methyl sites for hydroxylation is 1. The van der Waals surface area contributed by atoms with Gasteiger partial charge in [-0.3, -0.25) is 0 Å². The van der Waals surface area contributed by atoms with Crippen molar-refractivity contribution < 1.29 is 4.74 Å². The van der Waals surface area contributed by atoms with Gasteiger partial charge < -0.3 is 10.1 Å². The number of anilines is 2. The number of aromatic nitrogens is 3. The average Bonchev–Trinajstić information content (AvgIpc) is 2.70. The number of benzene rings is 1. The van der Waals surface area contributed by atoms with Crippen LogP contribution in [0.15, 0.2) is 24.3 Å². The second-order valence-corrected chi connectivity index (χ2v) is 8.22. The van der Waals surface area contributed by atoms with E-state index in [1.807, 2.05) is 31.2 Å². The topological polar surface area (TPSA) is 59.9 Å². The largest absolute Gasteiger partial charge is 0.463 e. The Bertz CT molecular complexity index is 709. The lowest BCUT2D eigenvalue weighted by molar-refractivity contribution is 0.231. The van der Waals surface area contributed by atoms with E-state index in [4.69, 9.17) is 16.3 Å². The molecule has 1 unspecified atom stereocenters. The second kappa shape index (κ2) is 13.4. The smallest absolute Gasteiger partial charge is 0.322 e. The van der Waals surface area contributed by atoms with Crippen LogP contribution >= 0.6 is 11.6 Å². The van der Waals surface area contributed by atoms with E-state index in [0.717, 1.165) is 12.1 Å². The highest BCUT2D eigenvalue weighted by Gasteiger charge is 2.09. The minimum absolute atomic E-state index is 0.125. The highest BCUT2D eigenvalue weighted by molar-refractivity contribution is 6.28. The molecule has 0 fully saturated rings. The number of hydrogen-bond donors (Lipinski definition) is 1. The summed E-state index contributed by atoms with van der Waals surface area (Å²) in [6.45, 7) is 7.09. The van der Waals surface area contributed by atoms with Crippen LogP contribution in [-0.2, 0) is 0 Å². The number of hydrogen-bond acceptors (Lipinski definition) is 5. The maximum atomic E-state index is 6.04. The molecule has 1 atom stereocenters. The van der Waals surface area contributed by atoms with Crippen molar-refractivity contribution in [3.05, 3.63) is 35.1 Å². The number of halogens is 1. The number of unbranched alkanes of at least 4 members (excludes halogenated alkanes) is 7. The maximum Gasteiger partial charge on any atom is 0.322 e. The fourth-order valence-electron chi connectivity index (χ4n) is 3.15. The van der Waals surface area contributed by atoms with Crippen molar-refractivity contribution in [2.75, 3.05) is 11.9 Å². The molecule has 6 heteroatoms. The third-order valence-electron chi connectivity index (χ3n) is 4.94. The summed E-state index contributed by atoms with van der Waals surface area (Å²) in [5.74, 6) is 0.846. The minimum Gasteiger partial charge on any atom is -0.463 e. The van der Waals surface area contributed by atoms with E-state index >= 15 is 0 Å². The highest BCUT2D eigenvalue weighted by Crippen LogP contribution is 2.19. The van der Waals surface area contributed by atoms with Crippen molar-refractivity contribution >= 4 is 23.2 Å². The van der Waals surface area contributed by atoms with Gasteiger partial charge in [0.2, 0.25) is 11.2 Å². The molecule has 0 aliphatic heterocycles. The van der Waals surface area contributed by atoms with E-state index in [1.165, 1.54) is 56.9 Å². The lowest BCUT2D eigenvalue weighted by Crippen LogP contribution is -2.11. The summed E-state index contributed by atoms with van der Waals surface area (Å²) < 4.78 is 5.78. The highest BCUT2D eigenvalue weighted by atomic mass is 35.5. The summed E-state index contributed by atoms with van der Waals surface area (Å²) in [5, 5.41) is 3.27. The molecule has 160 valence electrons. The quantitative estimate of drug-likeness (QED) is 0.331. The summed E-state index contributed by atoms with van der Waals surface area (Å²) in [4.78, 5) is 12.5.